The largest absolute Gasteiger partial charge is 0.389 e. The first-order chi connectivity index (χ1) is 8.59. The molecule has 0 bridgehead atoms. The topological polar surface area (TPSA) is 41.5 Å². The molecule has 0 amide bonds. The molecule has 3 heteroatoms. The summed E-state index contributed by atoms with van der Waals surface area (Å²) in [6.45, 7) is 8.56. The van der Waals surface area contributed by atoms with Gasteiger partial charge in [-0.3, -0.25) is 0 Å². The highest BCUT2D eigenvalue weighted by atomic mass is 16.5. The van der Waals surface area contributed by atoms with Crippen molar-refractivity contribution < 1.29 is 9.84 Å². The Morgan fingerprint density at radius 2 is 2.00 bits per heavy atom. The Labute approximate surface area is 112 Å². The minimum atomic E-state index is -0.369. The molecule has 0 radical (unpaired) electrons. The predicted octanol–water partition coefficient (Wildman–Crippen LogP) is 2.72. The Hall–Kier alpha value is -0.120. The Bertz CT molecular complexity index is 217. The van der Waals surface area contributed by atoms with E-state index >= 15 is 0 Å². The van der Waals surface area contributed by atoms with Crippen LogP contribution in [0.1, 0.15) is 59.3 Å². The third kappa shape index (κ3) is 6.72. The van der Waals surface area contributed by atoms with Crippen LogP contribution in [0.3, 0.4) is 0 Å². The van der Waals surface area contributed by atoms with E-state index in [2.05, 4.69) is 26.1 Å². The van der Waals surface area contributed by atoms with Crippen molar-refractivity contribution in [3.63, 3.8) is 0 Å². The Morgan fingerprint density at radius 3 is 2.56 bits per heavy atom. The summed E-state index contributed by atoms with van der Waals surface area (Å²) in [6, 6.07) is 0. The lowest BCUT2D eigenvalue weighted by atomic mass is 10.0. The van der Waals surface area contributed by atoms with Gasteiger partial charge in [-0.2, -0.15) is 0 Å². The molecule has 1 rings (SSSR count). The van der Waals surface area contributed by atoms with Crippen molar-refractivity contribution in [3.05, 3.63) is 0 Å². The fourth-order valence-corrected chi connectivity index (χ4v) is 2.06. The minimum absolute atomic E-state index is 0.300. The molecule has 0 aromatic heterocycles. The maximum Gasteiger partial charge on any atom is 0.0897 e. The first kappa shape index (κ1) is 15.9. The number of nitrogens with one attached hydrogen (secondary N) is 1. The first-order valence-corrected chi connectivity index (χ1v) is 7.60. The van der Waals surface area contributed by atoms with Crippen LogP contribution < -0.4 is 5.32 Å². The molecule has 1 fully saturated rings. The molecule has 0 aliphatic heterocycles. The van der Waals surface area contributed by atoms with E-state index in [1.807, 2.05) is 0 Å². The van der Waals surface area contributed by atoms with Gasteiger partial charge in [0, 0.05) is 18.7 Å². The van der Waals surface area contributed by atoms with Crippen molar-refractivity contribution in [2.24, 2.45) is 5.92 Å². The average Bonchev–Trinajstić information content (AvgIpc) is 3.10. The molecular weight excluding hydrogens is 226 g/mol. The summed E-state index contributed by atoms with van der Waals surface area (Å²) in [6.07, 6.45) is 7.05. The van der Waals surface area contributed by atoms with Crippen molar-refractivity contribution in [2.75, 3.05) is 19.8 Å². The monoisotopic (exact) mass is 257 g/mol. The maximum atomic E-state index is 9.81. The van der Waals surface area contributed by atoms with E-state index in [4.69, 9.17) is 4.74 Å². The highest BCUT2D eigenvalue weighted by Crippen LogP contribution is 2.33. The zero-order valence-corrected chi connectivity index (χ0v) is 12.4. The van der Waals surface area contributed by atoms with E-state index in [0.717, 1.165) is 6.61 Å². The molecule has 0 heterocycles. The van der Waals surface area contributed by atoms with Crippen molar-refractivity contribution in [1.82, 2.24) is 5.32 Å². The van der Waals surface area contributed by atoms with E-state index in [1.54, 1.807) is 0 Å². The van der Waals surface area contributed by atoms with Gasteiger partial charge in [0.15, 0.2) is 0 Å². The highest BCUT2D eigenvalue weighted by molar-refractivity contribution is 4.97. The average molecular weight is 257 g/mol. The number of rotatable bonds is 11. The fraction of sp³-hybridized carbons (Fsp3) is 1.00. The molecule has 1 aliphatic carbocycles. The Balaban J connectivity index is 2.00. The molecule has 18 heavy (non-hydrogen) atoms. The standard InChI is InChI=1S/C15H31NO2/c1-4-6-7-13(5-2)11-18-12-14(17)10-16-15(3)8-9-15/h13-14,16-17H,4-12H2,1-3H3. The molecule has 1 saturated carbocycles. The molecule has 0 saturated heterocycles. The molecule has 2 unspecified atom stereocenters. The lowest BCUT2D eigenvalue weighted by molar-refractivity contribution is 0.0181. The van der Waals surface area contributed by atoms with Crippen LogP contribution in [0, 0.1) is 5.92 Å². The van der Waals surface area contributed by atoms with Crippen molar-refractivity contribution in [2.45, 2.75) is 70.9 Å². The highest BCUT2D eigenvalue weighted by Gasteiger charge is 2.36. The number of aliphatic hydroxyl groups is 1. The molecule has 2 atom stereocenters. The van der Waals surface area contributed by atoms with Crippen LogP contribution in [0.15, 0.2) is 0 Å². The maximum absolute atomic E-state index is 9.81. The summed E-state index contributed by atoms with van der Waals surface area (Å²) < 4.78 is 5.64. The molecule has 108 valence electrons. The number of aliphatic hydroxyl groups excluding tert-OH is 1. The van der Waals surface area contributed by atoms with Gasteiger partial charge >= 0.3 is 0 Å². The van der Waals surface area contributed by atoms with E-state index in [0.29, 0.717) is 24.6 Å². The summed E-state index contributed by atoms with van der Waals surface area (Å²) in [5.74, 6) is 0.658. The lowest BCUT2D eigenvalue weighted by Gasteiger charge is -2.18. The molecule has 2 N–H and O–H groups in total. The van der Waals surface area contributed by atoms with Gasteiger partial charge < -0.3 is 15.2 Å². The second-order valence-electron chi connectivity index (χ2n) is 6.05. The lowest BCUT2D eigenvalue weighted by Crippen LogP contribution is -2.37. The number of ether oxygens (including phenoxy) is 1. The molecule has 0 spiro atoms. The normalized spacial score (nSPS) is 20.7. The second-order valence-corrected chi connectivity index (χ2v) is 6.05. The summed E-state index contributed by atoms with van der Waals surface area (Å²) in [7, 11) is 0. The van der Waals surface area contributed by atoms with Crippen LogP contribution in [0.2, 0.25) is 0 Å². The number of hydrogen-bond donors (Lipinski definition) is 2. The van der Waals surface area contributed by atoms with Gasteiger partial charge in [0.25, 0.3) is 0 Å². The third-order valence-corrected chi connectivity index (χ3v) is 3.97. The molecule has 3 nitrogen and oxygen atoms in total. The summed E-state index contributed by atoms with van der Waals surface area (Å²) in [5, 5.41) is 13.2. The Morgan fingerprint density at radius 1 is 1.28 bits per heavy atom. The van der Waals surface area contributed by atoms with Crippen molar-refractivity contribution in [1.29, 1.82) is 0 Å². The van der Waals surface area contributed by atoms with Gasteiger partial charge in [0.05, 0.1) is 12.7 Å². The number of hydrogen-bond acceptors (Lipinski definition) is 3. The predicted molar refractivity (Wildman–Crippen MR) is 75.8 cm³/mol. The fourth-order valence-electron chi connectivity index (χ4n) is 2.06. The van der Waals surface area contributed by atoms with E-state index in [1.165, 1.54) is 38.5 Å². The summed E-state index contributed by atoms with van der Waals surface area (Å²) >= 11 is 0. The van der Waals surface area contributed by atoms with Gasteiger partial charge in [-0.15, -0.1) is 0 Å². The van der Waals surface area contributed by atoms with E-state index < -0.39 is 0 Å². The molecule has 0 aromatic rings. The number of unbranched alkanes of at least 4 members (excludes halogenated alkanes) is 1. The van der Waals surface area contributed by atoms with Crippen LogP contribution in [-0.2, 0) is 4.74 Å². The molecule has 0 aromatic carbocycles. The van der Waals surface area contributed by atoms with Crippen LogP contribution in [0.5, 0.6) is 0 Å². The van der Waals surface area contributed by atoms with Crippen LogP contribution in [0.4, 0.5) is 0 Å². The summed E-state index contributed by atoms with van der Waals surface area (Å²) in [4.78, 5) is 0. The van der Waals surface area contributed by atoms with E-state index in [9.17, 15) is 5.11 Å². The third-order valence-electron chi connectivity index (χ3n) is 3.97. The molecular formula is C15H31NO2. The number of β-amino-alcohol motifs (C(OH)–C–C–N with tert-alkyl or cyclic N) is 1. The summed E-state index contributed by atoms with van der Waals surface area (Å²) in [5.41, 5.74) is 0.300. The smallest absolute Gasteiger partial charge is 0.0897 e. The van der Waals surface area contributed by atoms with Crippen LogP contribution >= 0.6 is 0 Å². The minimum Gasteiger partial charge on any atom is -0.389 e. The zero-order valence-electron chi connectivity index (χ0n) is 12.4. The second kappa shape index (κ2) is 8.13. The molecule has 1 aliphatic rings. The van der Waals surface area contributed by atoms with Crippen molar-refractivity contribution >= 4 is 0 Å². The van der Waals surface area contributed by atoms with E-state index in [-0.39, 0.29) is 6.10 Å². The van der Waals surface area contributed by atoms with Gasteiger partial charge in [-0.25, -0.2) is 0 Å². The van der Waals surface area contributed by atoms with Gasteiger partial charge in [0.1, 0.15) is 0 Å². The van der Waals surface area contributed by atoms with Crippen molar-refractivity contribution in [3.8, 4) is 0 Å². The van der Waals surface area contributed by atoms with Gasteiger partial charge in [-0.05, 0) is 32.1 Å². The Kier molecular flexibility index (Phi) is 7.20. The quantitative estimate of drug-likeness (QED) is 0.598. The SMILES string of the molecule is CCCCC(CC)COCC(O)CNC1(C)CC1. The van der Waals surface area contributed by atoms with Gasteiger partial charge in [-0.1, -0.05) is 33.1 Å². The zero-order chi connectivity index (χ0) is 13.4. The first-order valence-electron chi connectivity index (χ1n) is 7.60. The van der Waals surface area contributed by atoms with Gasteiger partial charge in [0.2, 0.25) is 0 Å². The van der Waals surface area contributed by atoms with Crippen LogP contribution in [0.25, 0.3) is 0 Å². The van der Waals surface area contributed by atoms with Crippen LogP contribution in [-0.4, -0.2) is 36.5 Å².